The second kappa shape index (κ2) is 7.76. The fourth-order valence-corrected chi connectivity index (χ4v) is 3.83. The Hall–Kier alpha value is -1.13. The normalized spacial score (nSPS) is 11.6. The predicted octanol–water partition coefficient (Wildman–Crippen LogP) is 2.42. The SMILES string of the molecule is NC(=O)C[C@@H](NC(=O)Nc1c(Br)cc(Br)cc1Br)C(=O)O. The summed E-state index contributed by atoms with van der Waals surface area (Å²) in [4.78, 5) is 33.5. The van der Waals surface area contributed by atoms with Gasteiger partial charge in [0.05, 0.1) is 12.1 Å². The first-order valence-corrected chi connectivity index (χ1v) is 7.81. The average molecular weight is 488 g/mol. The predicted molar refractivity (Wildman–Crippen MR) is 86.9 cm³/mol. The highest BCUT2D eigenvalue weighted by Gasteiger charge is 2.22. The van der Waals surface area contributed by atoms with Crippen LogP contribution in [0.4, 0.5) is 10.5 Å². The number of hydrogen-bond donors (Lipinski definition) is 4. The Morgan fingerprint density at radius 1 is 1.19 bits per heavy atom. The molecule has 7 nitrogen and oxygen atoms in total. The van der Waals surface area contributed by atoms with Crippen molar-refractivity contribution in [1.82, 2.24) is 5.32 Å². The maximum Gasteiger partial charge on any atom is 0.326 e. The molecule has 0 saturated heterocycles. The van der Waals surface area contributed by atoms with Crippen molar-refractivity contribution in [1.29, 1.82) is 0 Å². The molecule has 0 bridgehead atoms. The van der Waals surface area contributed by atoms with Crippen LogP contribution in [0.3, 0.4) is 0 Å². The fourth-order valence-electron chi connectivity index (χ4n) is 1.37. The number of halogens is 3. The van der Waals surface area contributed by atoms with Crippen LogP contribution in [0, 0.1) is 0 Å². The first kappa shape index (κ1) is 17.9. The van der Waals surface area contributed by atoms with Crippen LogP contribution in [0.15, 0.2) is 25.6 Å². The Labute approximate surface area is 145 Å². The standard InChI is InChI=1S/C11H10Br3N3O4/c12-4-1-5(13)9(6(14)2-4)17-11(21)16-7(10(19)20)3-8(15)18/h1-2,7H,3H2,(H2,15,18)(H,19,20)(H2,16,17,21)/t7-/m1/s1. The number of nitrogens with one attached hydrogen (secondary N) is 2. The third-order valence-electron chi connectivity index (χ3n) is 2.25. The van der Waals surface area contributed by atoms with Gasteiger partial charge in [0.1, 0.15) is 6.04 Å². The quantitative estimate of drug-likeness (QED) is 0.509. The second-order valence-electron chi connectivity index (χ2n) is 3.90. The third kappa shape index (κ3) is 5.64. The maximum absolute atomic E-state index is 11.8. The van der Waals surface area contributed by atoms with E-state index in [0.29, 0.717) is 14.6 Å². The monoisotopic (exact) mass is 485 g/mol. The van der Waals surface area contributed by atoms with Crippen molar-refractivity contribution in [3.63, 3.8) is 0 Å². The molecule has 1 atom stereocenters. The number of benzene rings is 1. The van der Waals surface area contributed by atoms with Gasteiger partial charge in [0.15, 0.2) is 0 Å². The number of aliphatic carboxylic acids is 1. The van der Waals surface area contributed by atoms with Gasteiger partial charge in [-0.25, -0.2) is 9.59 Å². The van der Waals surface area contributed by atoms with Gasteiger partial charge in [-0.1, -0.05) is 15.9 Å². The Morgan fingerprint density at radius 3 is 2.14 bits per heavy atom. The molecule has 1 rings (SSSR count). The molecule has 0 fully saturated rings. The Kier molecular flexibility index (Phi) is 6.62. The molecule has 5 N–H and O–H groups in total. The molecule has 0 aromatic heterocycles. The molecular formula is C11H10Br3N3O4. The summed E-state index contributed by atoms with van der Waals surface area (Å²) >= 11 is 9.82. The molecule has 0 aliphatic rings. The highest BCUT2D eigenvalue weighted by atomic mass is 79.9. The van der Waals surface area contributed by atoms with Crippen LogP contribution in [-0.2, 0) is 9.59 Å². The van der Waals surface area contributed by atoms with Crippen molar-refractivity contribution in [2.45, 2.75) is 12.5 Å². The van der Waals surface area contributed by atoms with Crippen molar-refractivity contribution in [3.8, 4) is 0 Å². The van der Waals surface area contributed by atoms with E-state index in [0.717, 1.165) is 4.47 Å². The van der Waals surface area contributed by atoms with Gasteiger partial charge in [0.25, 0.3) is 0 Å². The molecule has 0 unspecified atom stereocenters. The van der Waals surface area contributed by atoms with E-state index >= 15 is 0 Å². The maximum atomic E-state index is 11.8. The smallest absolute Gasteiger partial charge is 0.326 e. The molecule has 3 amide bonds. The minimum Gasteiger partial charge on any atom is -0.480 e. The first-order valence-electron chi connectivity index (χ1n) is 5.44. The number of carboxylic acids is 1. The molecule has 0 heterocycles. The lowest BCUT2D eigenvalue weighted by Gasteiger charge is -2.15. The van der Waals surface area contributed by atoms with E-state index in [1.54, 1.807) is 12.1 Å². The number of carbonyl (C=O) groups excluding carboxylic acids is 2. The number of hydrogen-bond acceptors (Lipinski definition) is 3. The zero-order valence-corrected chi connectivity index (χ0v) is 15.1. The molecule has 1 aromatic carbocycles. The topological polar surface area (TPSA) is 122 Å². The van der Waals surface area contributed by atoms with Gasteiger partial charge in [0.2, 0.25) is 5.91 Å². The number of anilines is 1. The van der Waals surface area contributed by atoms with Gasteiger partial charge in [-0.3, -0.25) is 4.79 Å². The second-order valence-corrected chi connectivity index (χ2v) is 6.53. The minimum absolute atomic E-state index is 0.416. The Bertz CT molecular complexity index is 571. The fraction of sp³-hybridized carbons (Fsp3) is 0.182. The third-order valence-corrected chi connectivity index (χ3v) is 3.96. The van der Waals surface area contributed by atoms with E-state index in [2.05, 4.69) is 58.4 Å². The van der Waals surface area contributed by atoms with E-state index in [1.807, 2.05) is 0 Å². The van der Waals surface area contributed by atoms with E-state index in [1.165, 1.54) is 0 Å². The average Bonchev–Trinajstić information content (AvgIpc) is 2.32. The summed E-state index contributed by atoms with van der Waals surface area (Å²) < 4.78 is 1.95. The van der Waals surface area contributed by atoms with E-state index in [4.69, 9.17) is 10.8 Å². The lowest BCUT2D eigenvalue weighted by Crippen LogP contribution is -2.45. The van der Waals surface area contributed by atoms with Crippen LogP contribution >= 0.6 is 47.8 Å². The van der Waals surface area contributed by atoms with Crippen molar-refractivity contribution in [2.24, 2.45) is 5.73 Å². The van der Waals surface area contributed by atoms with Gasteiger partial charge < -0.3 is 21.5 Å². The van der Waals surface area contributed by atoms with Crippen LogP contribution in [0.1, 0.15) is 6.42 Å². The minimum atomic E-state index is -1.39. The molecule has 0 radical (unpaired) electrons. The highest BCUT2D eigenvalue weighted by molar-refractivity contribution is 9.11. The van der Waals surface area contributed by atoms with Crippen molar-refractivity contribution >= 4 is 71.4 Å². The van der Waals surface area contributed by atoms with E-state index in [9.17, 15) is 14.4 Å². The van der Waals surface area contributed by atoms with Crippen LogP contribution in [0.5, 0.6) is 0 Å². The van der Waals surface area contributed by atoms with Gasteiger partial charge in [0, 0.05) is 13.4 Å². The molecule has 21 heavy (non-hydrogen) atoms. The van der Waals surface area contributed by atoms with Gasteiger partial charge >= 0.3 is 12.0 Å². The molecular weight excluding hydrogens is 478 g/mol. The number of amides is 3. The molecule has 10 heteroatoms. The van der Waals surface area contributed by atoms with E-state index in [-0.39, 0.29) is 0 Å². The summed E-state index contributed by atoms with van der Waals surface area (Å²) in [6.45, 7) is 0. The molecule has 0 aliphatic heterocycles. The van der Waals surface area contributed by atoms with Gasteiger partial charge in [-0.05, 0) is 44.0 Å². The number of rotatable bonds is 5. The van der Waals surface area contributed by atoms with Crippen molar-refractivity contribution < 1.29 is 19.5 Å². The van der Waals surface area contributed by atoms with E-state index < -0.39 is 30.4 Å². The number of carboxylic acid groups (broad SMARTS) is 1. The molecule has 114 valence electrons. The number of carbonyl (C=O) groups is 3. The van der Waals surface area contributed by atoms with Crippen molar-refractivity contribution in [3.05, 3.63) is 25.6 Å². The van der Waals surface area contributed by atoms with Crippen LogP contribution in [0.2, 0.25) is 0 Å². The molecule has 0 aliphatic carbocycles. The summed E-state index contributed by atoms with van der Waals surface area (Å²) in [7, 11) is 0. The lowest BCUT2D eigenvalue weighted by atomic mass is 10.2. The number of urea groups is 1. The Morgan fingerprint density at radius 2 is 1.71 bits per heavy atom. The van der Waals surface area contributed by atoms with Crippen LogP contribution in [0.25, 0.3) is 0 Å². The largest absolute Gasteiger partial charge is 0.480 e. The molecule has 1 aromatic rings. The zero-order chi connectivity index (χ0) is 16.2. The van der Waals surface area contributed by atoms with Gasteiger partial charge in [-0.15, -0.1) is 0 Å². The highest BCUT2D eigenvalue weighted by Crippen LogP contribution is 2.34. The summed E-state index contributed by atoms with van der Waals surface area (Å²) in [5.41, 5.74) is 5.35. The first-order chi connectivity index (χ1) is 9.70. The summed E-state index contributed by atoms with van der Waals surface area (Å²) in [6, 6.07) is 1.25. The molecule has 0 spiro atoms. The summed E-state index contributed by atoms with van der Waals surface area (Å²) in [5, 5.41) is 13.6. The van der Waals surface area contributed by atoms with Crippen LogP contribution in [-0.4, -0.2) is 29.1 Å². The number of primary amides is 1. The number of nitrogens with two attached hydrogens (primary N) is 1. The lowest BCUT2D eigenvalue weighted by molar-refractivity contribution is -0.140. The zero-order valence-electron chi connectivity index (χ0n) is 10.3. The van der Waals surface area contributed by atoms with Gasteiger partial charge in [-0.2, -0.15) is 0 Å². The summed E-state index contributed by atoms with van der Waals surface area (Å²) in [5.74, 6) is -2.17. The van der Waals surface area contributed by atoms with Crippen molar-refractivity contribution in [2.75, 3.05) is 5.32 Å². The Balaban J connectivity index is 2.82. The van der Waals surface area contributed by atoms with Crippen LogP contribution < -0.4 is 16.4 Å². The molecule has 0 saturated carbocycles. The summed E-state index contributed by atoms with van der Waals surface area (Å²) in [6.07, 6.45) is -0.495.